The van der Waals surface area contributed by atoms with E-state index in [-0.39, 0.29) is 24.2 Å². The van der Waals surface area contributed by atoms with Gasteiger partial charge in [0, 0.05) is 38.3 Å². The number of nitrogens with zero attached hydrogens (tertiary/aromatic N) is 3. The molecule has 2 heterocycles. The van der Waals surface area contributed by atoms with Gasteiger partial charge >= 0.3 is 5.97 Å². The van der Waals surface area contributed by atoms with Crippen LogP contribution in [0.5, 0.6) is 5.75 Å². The number of benzene rings is 2. The van der Waals surface area contributed by atoms with Gasteiger partial charge in [0.1, 0.15) is 5.75 Å². The number of carbonyl (C=O) groups is 1. The van der Waals surface area contributed by atoms with Crippen molar-refractivity contribution in [3.8, 4) is 5.75 Å². The number of unbranched alkanes of at least 4 members (excludes halogenated alkanes) is 1. The molecule has 0 amide bonds. The van der Waals surface area contributed by atoms with Crippen LogP contribution in [0.25, 0.3) is 10.9 Å². The van der Waals surface area contributed by atoms with Crippen molar-refractivity contribution < 1.29 is 14.3 Å². The quantitative estimate of drug-likeness (QED) is 0.189. The normalized spacial score (nSPS) is 14.9. The molecule has 1 fully saturated rings. The van der Waals surface area contributed by atoms with E-state index >= 15 is 0 Å². The molecular weight excluding hydrogens is 537 g/mol. The van der Waals surface area contributed by atoms with E-state index in [9.17, 15) is 9.59 Å². The summed E-state index contributed by atoms with van der Waals surface area (Å²) in [5, 5.41) is 2.10. The number of carbonyl (C=O) groups excluding carboxylic acids is 1. The van der Waals surface area contributed by atoms with Crippen LogP contribution >= 0.6 is 23.2 Å². The van der Waals surface area contributed by atoms with Gasteiger partial charge < -0.3 is 14.4 Å². The first-order chi connectivity index (χ1) is 18.9. The molecule has 9 heteroatoms. The predicted octanol–water partition coefficient (Wildman–Crippen LogP) is 6.23. The van der Waals surface area contributed by atoms with Crippen LogP contribution in [-0.4, -0.2) is 54.8 Å². The Labute approximate surface area is 240 Å². The number of halogens is 2. The third-order valence-electron chi connectivity index (χ3n) is 7.21. The lowest BCUT2D eigenvalue weighted by Crippen LogP contribution is -2.46. The Morgan fingerprint density at radius 2 is 1.79 bits per heavy atom. The van der Waals surface area contributed by atoms with Gasteiger partial charge in [0.25, 0.3) is 5.56 Å². The predicted molar refractivity (Wildman–Crippen MR) is 158 cm³/mol. The van der Waals surface area contributed by atoms with Gasteiger partial charge in [0.15, 0.2) is 6.73 Å². The fraction of sp³-hybridized carbons (Fsp3) is 0.467. The molecule has 210 valence electrons. The molecule has 0 radical (unpaired) electrons. The molecule has 0 bridgehead atoms. The fourth-order valence-electron chi connectivity index (χ4n) is 4.89. The first-order valence-corrected chi connectivity index (χ1v) is 14.5. The Bertz CT molecular complexity index is 1320. The molecule has 7 nitrogen and oxygen atoms in total. The van der Waals surface area contributed by atoms with E-state index in [2.05, 4.69) is 9.80 Å². The number of hydrogen-bond donors (Lipinski definition) is 0. The second-order valence-electron chi connectivity index (χ2n) is 10.1. The maximum Gasteiger partial charge on any atom is 0.310 e. The Morgan fingerprint density at radius 1 is 1.03 bits per heavy atom. The molecule has 1 aliphatic heterocycles. The minimum absolute atomic E-state index is 0.108. The highest BCUT2D eigenvalue weighted by molar-refractivity contribution is 6.43. The maximum absolute atomic E-state index is 12.5. The molecule has 1 aromatic heterocycles. The number of fused-ring (bicyclic) bond motifs is 1. The summed E-state index contributed by atoms with van der Waals surface area (Å²) in [4.78, 5) is 29.6. The third-order valence-corrected chi connectivity index (χ3v) is 8.01. The van der Waals surface area contributed by atoms with E-state index < -0.39 is 0 Å². The van der Waals surface area contributed by atoms with Crippen LogP contribution in [0.2, 0.25) is 10.0 Å². The summed E-state index contributed by atoms with van der Waals surface area (Å²) in [7, 11) is 0. The van der Waals surface area contributed by atoms with E-state index in [1.54, 1.807) is 6.07 Å². The Hall–Kier alpha value is -2.74. The summed E-state index contributed by atoms with van der Waals surface area (Å²) >= 11 is 12.6. The number of esters is 1. The van der Waals surface area contributed by atoms with E-state index in [4.69, 9.17) is 32.7 Å². The lowest BCUT2D eigenvalue weighted by atomic mass is 10.1. The first kappa shape index (κ1) is 29.2. The van der Waals surface area contributed by atoms with Crippen molar-refractivity contribution in [2.75, 3.05) is 44.2 Å². The molecule has 39 heavy (non-hydrogen) atoms. The average molecular weight is 575 g/mol. The van der Waals surface area contributed by atoms with Gasteiger partial charge in [-0.3, -0.25) is 19.1 Å². The summed E-state index contributed by atoms with van der Waals surface area (Å²) in [6.45, 7) is 9.17. The number of piperazine rings is 1. The molecule has 0 aliphatic carbocycles. The van der Waals surface area contributed by atoms with Gasteiger partial charge in [-0.05, 0) is 61.5 Å². The number of aromatic nitrogens is 1. The molecule has 1 atom stereocenters. The highest BCUT2D eigenvalue weighted by Gasteiger charge is 2.19. The number of anilines is 1. The van der Waals surface area contributed by atoms with Crippen LogP contribution in [0.3, 0.4) is 0 Å². The lowest BCUT2D eigenvalue weighted by molar-refractivity contribution is -0.152. The van der Waals surface area contributed by atoms with E-state index in [0.29, 0.717) is 27.9 Å². The average Bonchev–Trinajstić information content (AvgIpc) is 2.94. The van der Waals surface area contributed by atoms with Gasteiger partial charge in [-0.2, -0.15) is 0 Å². The van der Waals surface area contributed by atoms with E-state index in [0.717, 1.165) is 69.5 Å². The first-order valence-electron chi connectivity index (χ1n) is 13.7. The molecule has 1 aliphatic rings. The zero-order chi connectivity index (χ0) is 27.8. The summed E-state index contributed by atoms with van der Waals surface area (Å²) in [6, 6.07) is 14.7. The summed E-state index contributed by atoms with van der Waals surface area (Å²) in [5.41, 5.74) is 1.48. The van der Waals surface area contributed by atoms with Gasteiger partial charge in [-0.15, -0.1) is 0 Å². The zero-order valence-corrected chi connectivity index (χ0v) is 24.2. The fourth-order valence-corrected chi connectivity index (χ4v) is 5.30. The van der Waals surface area contributed by atoms with Crippen molar-refractivity contribution >= 4 is 45.8 Å². The Balaban J connectivity index is 1.24. The number of pyridine rings is 1. The van der Waals surface area contributed by atoms with Gasteiger partial charge in [0.2, 0.25) is 0 Å². The highest BCUT2D eigenvalue weighted by atomic mass is 35.5. The number of rotatable bonds is 12. The van der Waals surface area contributed by atoms with Crippen LogP contribution < -0.4 is 15.2 Å². The summed E-state index contributed by atoms with van der Waals surface area (Å²) in [6.07, 6.45) is 3.62. The molecule has 1 saturated heterocycles. The van der Waals surface area contributed by atoms with E-state index in [1.165, 1.54) is 10.6 Å². The molecule has 0 N–H and O–H groups in total. The van der Waals surface area contributed by atoms with Gasteiger partial charge in [-0.25, -0.2) is 0 Å². The van der Waals surface area contributed by atoms with Crippen LogP contribution in [-0.2, 0) is 16.3 Å². The number of ether oxygens (including phenoxy) is 2. The highest BCUT2D eigenvalue weighted by Crippen LogP contribution is 2.33. The van der Waals surface area contributed by atoms with Crippen molar-refractivity contribution in [2.24, 2.45) is 5.92 Å². The molecule has 3 aromatic rings. The summed E-state index contributed by atoms with van der Waals surface area (Å²) in [5.74, 6) is 0.215. The second-order valence-corrected chi connectivity index (χ2v) is 10.8. The molecule has 2 aromatic carbocycles. The molecule has 4 rings (SSSR count). The third kappa shape index (κ3) is 7.68. The lowest BCUT2D eigenvalue weighted by Gasteiger charge is -2.36. The Kier molecular flexibility index (Phi) is 10.5. The minimum Gasteiger partial charge on any atom is -0.494 e. The van der Waals surface area contributed by atoms with Crippen LogP contribution in [0.1, 0.15) is 39.5 Å². The van der Waals surface area contributed by atoms with Gasteiger partial charge in [-0.1, -0.05) is 49.5 Å². The largest absolute Gasteiger partial charge is 0.494 e. The minimum atomic E-state index is -0.289. The molecule has 1 unspecified atom stereocenters. The van der Waals surface area contributed by atoms with E-state index in [1.807, 2.05) is 50.2 Å². The van der Waals surface area contributed by atoms with Crippen molar-refractivity contribution in [1.82, 2.24) is 9.47 Å². The maximum atomic E-state index is 12.5. The zero-order valence-electron chi connectivity index (χ0n) is 22.7. The smallest absolute Gasteiger partial charge is 0.310 e. The summed E-state index contributed by atoms with van der Waals surface area (Å²) < 4.78 is 12.9. The van der Waals surface area contributed by atoms with Crippen molar-refractivity contribution in [1.29, 1.82) is 0 Å². The monoisotopic (exact) mass is 573 g/mol. The van der Waals surface area contributed by atoms with Crippen LogP contribution in [0.15, 0.2) is 53.3 Å². The van der Waals surface area contributed by atoms with Gasteiger partial charge in [0.05, 0.1) is 33.8 Å². The van der Waals surface area contributed by atoms with Crippen LogP contribution in [0, 0.1) is 5.92 Å². The second kappa shape index (κ2) is 14.1. The topological polar surface area (TPSA) is 64.0 Å². The Morgan fingerprint density at radius 3 is 2.56 bits per heavy atom. The molecule has 0 saturated carbocycles. The molecule has 0 spiro atoms. The molecular formula is C30H37Cl2N3O4. The number of hydrogen-bond acceptors (Lipinski definition) is 6. The van der Waals surface area contributed by atoms with Crippen molar-refractivity contribution in [3.05, 3.63) is 68.9 Å². The van der Waals surface area contributed by atoms with Crippen molar-refractivity contribution in [3.63, 3.8) is 0 Å². The SMILES string of the molecule is CCCC(C)C(=O)OCn1c(=O)ccc2ccc(OCCCCN3CCN(c4cccc(Cl)c4Cl)CC3)cc21. The standard InChI is InChI=1S/C30H37Cl2N3O4/c1-3-7-22(2)30(37)39-21-35-27-20-24(12-10-23(27)11-13-28(35)36)38-19-5-4-14-33-15-17-34(18-16-33)26-9-6-8-25(31)29(26)32/h6,8-13,20,22H,3-5,7,14-19,21H2,1-2H3. The van der Waals surface area contributed by atoms with Crippen molar-refractivity contribution in [2.45, 2.75) is 46.3 Å². The van der Waals surface area contributed by atoms with Crippen LogP contribution in [0.4, 0.5) is 5.69 Å².